The minimum absolute atomic E-state index is 0.268. The van der Waals surface area contributed by atoms with E-state index in [1.807, 2.05) is 13.0 Å². The van der Waals surface area contributed by atoms with E-state index in [0.717, 1.165) is 16.5 Å². The summed E-state index contributed by atoms with van der Waals surface area (Å²) in [7, 11) is 1.54. The lowest BCUT2D eigenvalue weighted by Crippen LogP contribution is -2.14. The fourth-order valence-electron chi connectivity index (χ4n) is 2.50. The van der Waals surface area contributed by atoms with Crippen molar-refractivity contribution in [1.82, 2.24) is 4.98 Å². The molecule has 3 rings (SSSR count). The number of anilines is 1. The summed E-state index contributed by atoms with van der Waals surface area (Å²) in [5.74, 6) is 0.273. The number of aromatic nitrogens is 1. The van der Waals surface area contributed by atoms with Crippen LogP contribution in [0.2, 0.25) is 10.0 Å². The summed E-state index contributed by atoms with van der Waals surface area (Å²) >= 11 is 12.0. The van der Waals surface area contributed by atoms with Crippen molar-refractivity contribution in [3.05, 3.63) is 57.7 Å². The second kappa shape index (κ2) is 6.14. The van der Waals surface area contributed by atoms with Crippen LogP contribution in [0.15, 0.2) is 36.4 Å². The van der Waals surface area contributed by atoms with E-state index in [2.05, 4.69) is 10.3 Å². The van der Waals surface area contributed by atoms with E-state index in [4.69, 9.17) is 27.9 Å². The number of H-pyrrole nitrogens is 1. The van der Waals surface area contributed by atoms with Crippen molar-refractivity contribution in [2.45, 2.75) is 6.92 Å². The van der Waals surface area contributed by atoms with Crippen LogP contribution in [0.1, 0.15) is 16.1 Å². The molecule has 0 aliphatic heterocycles. The lowest BCUT2D eigenvalue weighted by atomic mass is 10.1. The number of benzene rings is 2. The Morgan fingerprint density at radius 2 is 1.83 bits per heavy atom. The molecule has 0 atom stereocenters. The number of aryl methyl sites for hydroxylation is 1. The molecule has 3 aromatic rings. The van der Waals surface area contributed by atoms with Crippen molar-refractivity contribution in [2.24, 2.45) is 0 Å². The van der Waals surface area contributed by atoms with Crippen molar-refractivity contribution in [1.29, 1.82) is 0 Å². The lowest BCUT2D eigenvalue weighted by molar-refractivity contribution is 0.102. The van der Waals surface area contributed by atoms with Gasteiger partial charge in [0.15, 0.2) is 0 Å². The number of methoxy groups -OCH3 is 1. The minimum atomic E-state index is -0.268. The lowest BCUT2D eigenvalue weighted by Gasteiger charge is -2.10. The smallest absolute Gasteiger partial charge is 0.272 e. The number of nitrogens with one attached hydrogen (secondary N) is 2. The normalized spacial score (nSPS) is 10.8. The van der Waals surface area contributed by atoms with Crippen molar-refractivity contribution >= 4 is 45.7 Å². The molecule has 0 radical (unpaired) electrons. The molecule has 0 saturated heterocycles. The van der Waals surface area contributed by atoms with E-state index in [1.165, 1.54) is 7.11 Å². The third-order valence-electron chi connectivity index (χ3n) is 3.66. The Morgan fingerprint density at radius 3 is 2.57 bits per heavy atom. The Balaban J connectivity index is 1.98. The summed E-state index contributed by atoms with van der Waals surface area (Å²) in [5, 5.41) is 4.91. The molecule has 0 unspecified atom stereocenters. The quantitative estimate of drug-likeness (QED) is 0.696. The molecular weight excluding hydrogens is 335 g/mol. The maximum atomic E-state index is 12.6. The van der Waals surface area contributed by atoms with Crippen LogP contribution >= 0.6 is 23.2 Å². The molecule has 0 aliphatic carbocycles. The van der Waals surface area contributed by atoms with E-state index < -0.39 is 0 Å². The van der Waals surface area contributed by atoms with Gasteiger partial charge in [-0.1, -0.05) is 29.3 Å². The number of carbonyl (C=O) groups excluding carboxylic acids is 1. The van der Waals surface area contributed by atoms with Gasteiger partial charge in [-0.05, 0) is 42.8 Å². The van der Waals surface area contributed by atoms with Crippen LogP contribution < -0.4 is 10.1 Å². The summed E-state index contributed by atoms with van der Waals surface area (Å²) in [5.41, 5.74) is 2.67. The fourth-order valence-corrected chi connectivity index (χ4v) is 2.84. The van der Waals surface area contributed by atoms with Gasteiger partial charge in [0.05, 0.1) is 12.8 Å². The highest BCUT2D eigenvalue weighted by Gasteiger charge is 2.16. The van der Waals surface area contributed by atoms with Gasteiger partial charge >= 0.3 is 0 Å². The van der Waals surface area contributed by atoms with Gasteiger partial charge < -0.3 is 15.0 Å². The third kappa shape index (κ3) is 3.00. The Morgan fingerprint density at radius 1 is 1.13 bits per heavy atom. The second-order valence-corrected chi connectivity index (χ2v) is 5.99. The maximum Gasteiger partial charge on any atom is 0.272 e. The molecular formula is C17H14Cl2N2O2. The molecule has 0 fully saturated rings. The van der Waals surface area contributed by atoms with Gasteiger partial charge in [0.2, 0.25) is 0 Å². The number of fused-ring (bicyclic) bond motifs is 1. The first-order valence-electron chi connectivity index (χ1n) is 6.92. The van der Waals surface area contributed by atoms with Crippen molar-refractivity contribution in [3.63, 3.8) is 0 Å². The molecule has 6 heteroatoms. The van der Waals surface area contributed by atoms with Gasteiger partial charge in [0.25, 0.3) is 5.91 Å². The van der Waals surface area contributed by atoms with Gasteiger partial charge in [-0.25, -0.2) is 0 Å². The molecule has 4 nitrogen and oxygen atoms in total. The van der Waals surface area contributed by atoms with Crippen LogP contribution in [-0.2, 0) is 0 Å². The molecule has 118 valence electrons. The summed E-state index contributed by atoms with van der Waals surface area (Å²) in [6, 6.07) is 10.5. The Hall–Kier alpha value is -2.17. The van der Waals surface area contributed by atoms with Crippen molar-refractivity contribution < 1.29 is 9.53 Å². The topological polar surface area (TPSA) is 54.1 Å². The number of halogens is 2. The monoisotopic (exact) mass is 348 g/mol. The van der Waals surface area contributed by atoms with Gasteiger partial charge in [-0.3, -0.25) is 4.79 Å². The number of amides is 1. The molecule has 1 aromatic heterocycles. The average molecular weight is 349 g/mol. The number of hydrogen-bond donors (Lipinski definition) is 2. The Bertz CT molecular complexity index is 903. The van der Waals surface area contributed by atoms with Crippen LogP contribution in [0.25, 0.3) is 10.9 Å². The standard InChI is InChI=1S/C17H14Cl2N2O2/c1-9-12-5-3-10(18)7-13(12)20-16(9)17(22)21-14-8-11(19)4-6-15(14)23-2/h3-8,20H,1-2H3,(H,21,22). The van der Waals surface area contributed by atoms with E-state index in [1.54, 1.807) is 30.3 Å². The fraction of sp³-hybridized carbons (Fsp3) is 0.118. The summed E-state index contributed by atoms with van der Waals surface area (Å²) in [6.45, 7) is 1.89. The molecule has 0 aliphatic rings. The molecule has 23 heavy (non-hydrogen) atoms. The first-order valence-corrected chi connectivity index (χ1v) is 7.68. The average Bonchev–Trinajstić information content (AvgIpc) is 2.84. The van der Waals surface area contributed by atoms with Gasteiger partial charge in [0, 0.05) is 20.9 Å². The zero-order valence-corrected chi connectivity index (χ0v) is 14.0. The Kier molecular flexibility index (Phi) is 4.20. The molecule has 0 bridgehead atoms. The number of aromatic amines is 1. The molecule has 0 spiro atoms. The second-order valence-electron chi connectivity index (χ2n) is 5.11. The predicted molar refractivity (Wildman–Crippen MR) is 94.0 cm³/mol. The number of ether oxygens (including phenoxy) is 1. The van der Waals surface area contributed by atoms with Crippen LogP contribution in [0.5, 0.6) is 5.75 Å². The number of rotatable bonds is 3. The van der Waals surface area contributed by atoms with Crippen molar-refractivity contribution in [2.75, 3.05) is 12.4 Å². The van der Waals surface area contributed by atoms with Crippen molar-refractivity contribution in [3.8, 4) is 5.75 Å². The molecule has 2 N–H and O–H groups in total. The SMILES string of the molecule is COc1ccc(Cl)cc1NC(=O)c1[nH]c2cc(Cl)ccc2c1C. The minimum Gasteiger partial charge on any atom is -0.495 e. The number of hydrogen-bond acceptors (Lipinski definition) is 2. The highest BCUT2D eigenvalue weighted by Crippen LogP contribution is 2.29. The molecule has 1 heterocycles. The van der Waals surface area contributed by atoms with Crippen LogP contribution in [0.3, 0.4) is 0 Å². The molecule has 1 amide bonds. The largest absolute Gasteiger partial charge is 0.495 e. The zero-order chi connectivity index (χ0) is 16.6. The van der Waals surface area contributed by atoms with Gasteiger partial charge in [0.1, 0.15) is 11.4 Å². The van der Waals surface area contributed by atoms with E-state index in [0.29, 0.717) is 27.2 Å². The third-order valence-corrected chi connectivity index (χ3v) is 4.13. The van der Waals surface area contributed by atoms with Gasteiger partial charge in [-0.2, -0.15) is 0 Å². The summed E-state index contributed by atoms with van der Waals surface area (Å²) in [6.07, 6.45) is 0. The van der Waals surface area contributed by atoms with E-state index in [9.17, 15) is 4.79 Å². The van der Waals surface area contributed by atoms with Crippen LogP contribution in [-0.4, -0.2) is 18.0 Å². The summed E-state index contributed by atoms with van der Waals surface area (Å²) in [4.78, 5) is 15.7. The zero-order valence-electron chi connectivity index (χ0n) is 12.5. The highest BCUT2D eigenvalue weighted by atomic mass is 35.5. The summed E-state index contributed by atoms with van der Waals surface area (Å²) < 4.78 is 5.24. The van der Waals surface area contributed by atoms with Crippen LogP contribution in [0, 0.1) is 6.92 Å². The first-order chi connectivity index (χ1) is 11.0. The first kappa shape index (κ1) is 15.7. The highest BCUT2D eigenvalue weighted by molar-refractivity contribution is 6.31. The number of carbonyl (C=O) groups is 1. The Labute approximate surface area is 143 Å². The van der Waals surface area contributed by atoms with E-state index in [-0.39, 0.29) is 5.91 Å². The maximum absolute atomic E-state index is 12.6. The molecule has 2 aromatic carbocycles. The predicted octanol–water partition coefficient (Wildman–Crippen LogP) is 5.04. The molecule has 0 saturated carbocycles. The van der Waals surface area contributed by atoms with E-state index >= 15 is 0 Å². The van der Waals surface area contributed by atoms with Gasteiger partial charge in [-0.15, -0.1) is 0 Å². The van der Waals surface area contributed by atoms with Crippen LogP contribution in [0.4, 0.5) is 5.69 Å².